The van der Waals surface area contributed by atoms with Crippen LogP contribution in [0.5, 0.6) is 11.5 Å². The molecule has 0 radical (unpaired) electrons. The minimum Gasteiger partial charge on any atom is -0.489 e. The van der Waals surface area contributed by atoms with E-state index in [-0.39, 0.29) is 6.61 Å². The number of rotatable bonds is 2. The standard InChI is InChI=1S/C13H15ClO3/c14-11-5-8(10-4-9(10)7-15)6-12-13(11)17-3-1-2-16-12/h5-6,9-10,15H,1-4,7H2. The molecule has 17 heavy (non-hydrogen) atoms. The highest BCUT2D eigenvalue weighted by molar-refractivity contribution is 6.32. The molecule has 1 aromatic carbocycles. The van der Waals surface area contributed by atoms with E-state index in [1.54, 1.807) is 0 Å². The van der Waals surface area contributed by atoms with Crippen molar-refractivity contribution in [3.8, 4) is 11.5 Å². The lowest BCUT2D eigenvalue weighted by molar-refractivity contribution is 0.274. The number of hydrogen-bond acceptors (Lipinski definition) is 3. The molecule has 4 heteroatoms. The van der Waals surface area contributed by atoms with Gasteiger partial charge in [0.05, 0.1) is 18.2 Å². The zero-order valence-corrected chi connectivity index (χ0v) is 10.2. The van der Waals surface area contributed by atoms with Crippen molar-refractivity contribution in [1.29, 1.82) is 0 Å². The highest BCUT2D eigenvalue weighted by Gasteiger charge is 2.38. The normalized spacial score (nSPS) is 26.5. The second-order valence-electron chi connectivity index (χ2n) is 4.67. The number of benzene rings is 1. The Morgan fingerprint density at radius 1 is 1.29 bits per heavy atom. The zero-order chi connectivity index (χ0) is 11.8. The maximum atomic E-state index is 9.10. The van der Waals surface area contributed by atoms with Crippen LogP contribution in [0.3, 0.4) is 0 Å². The first-order chi connectivity index (χ1) is 8.29. The predicted octanol–water partition coefficient (Wildman–Crippen LogP) is 2.60. The summed E-state index contributed by atoms with van der Waals surface area (Å²) in [5.41, 5.74) is 1.15. The number of fused-ring (bicyclic) bond motifs is 1. The number of ether oxygens (including phenoxy) is 2. The van der Waals surface area contributed by atoms with E-state index in [2.05, 4.69) is 0 Å². The van der Waals surface area contributed by atoms with Crippen LogP contribution in [-0.2, 0) is 0 Å². The van der Waals surface area contributed by atoms with Gasteiger partial charge in [-0.25, -0.2) is 0 Å². The Bertz CT molecular complexity index is 433. The fourth-order valence-corrected chi connectivity index (χ4v) is 2.60. The molecule has 2 atom stereocenters. The summed E-state index contributed by atoms with van der Waals surface area (Å²) in [7, 11) is 0. The van der Waals surface area contributed by atoms with Gasteiger partial charge in [0, 0.05) is 13.0 Å². The van der Waals surface area contributed by atoms with Crippen molar-refractivity contribution in [3.63, 3.8) is 0 Å². The first kappa shape index (κ1) is 11.2. The molecule has 3 rings (SSSR count). The van der Waals surface area contributed by atoms with Crippen LogP contribution >= 0.6 is 11.6 Å². The molecule has 1 fully saturated rings. The number of hydrogen-bond donors (Lipinski definition) is 1. The lowest BCUT2D eigenvalue weighted by Crippen LogP contribution is -1.97. The molecule has 1 aromatic rings. The van der Waals surface area contributed by atoms with E-state index in [1.807, 2.05) is 12.1 Å². The topological polar surface area (TPSA) is 38.7 Å². The van der Waals surface area contributed by atoms with E-state index in [0.29, 0.717) is 35.8 Å². The minimum atomic E-state index is 0.247. The molecule has 0 amide bonds. The summed E-state index contributed by atoms with van der Waals surface area (Å²) in [4.78, 5) is 0. The summed E-state index contributed by atoms with van der Waals surface area (Å²) < 4.78 is 11.2. The number of halogens is 1. The van der Waals surface area contributed by atoms with Crippen molar-refractivity contribution < 1.29 is 14.6 Å². The number of aliphatic hydroxyl groups excluding tert-OH is 1. The van der Waals surface area contributed by atoms with Gasteiger partial charge in [-0.1, -0.05) is 11.6 Å². The van der Waals surface area contributed by atoms with Gasteiger partial charge in [0.2, 0.25) is 0 Å². The summed E-state index contributed by atoms with van der Waals surface area (Å²) in [6.45, 7) is 1.56. The van der Waals surface area contributed by atoms with Crippen molar-refractivity contribution >= 4 is 11.6 Å². The van der Waals surface area contributed by atoms with Crippen molar-refractivity contribution in [2.75, 3.05) is 19.8 Å². The molecule has 0 bridgehead atoms. The number of aliphatic hydroxyl groups is 1. The highest BCUT2D eigenvalue weighted by atomic mass is 35.5. The molecule has 0 spiro atoms. The fraction of sp³-hybridized carbons (Fsp3) is 0.538. The van der Waals surface area contributed by atoms with Gasteiger partial charge in [-0.15, -0.1) is 0 Å². The Kier molecular flexibility index (Phi) is 2.89. The van der Waals surface area contributed by atoms with Crippen LogP contribution in [0.25, 0.3) is 0 Å². The van der Waals surface area contributed by atoms with Gasteiger partial charge >= 0.3 is 0 Å². The molecule has 2 aliphatic rings. The second-order valence-corrected chi connectivity index (χ2v) is 5.07. The summed E-state index contributed by atoms with van der Waals surface area (Å²) in [5, 5.41) is 9.72. The summed E-state index contributed by atoms with van der Waals surface area (Å²) in [5.74, 6) is 2.22. The van der Waals surface area contributed by atoms with Gasteiger partial charge in [0.15, 0.2) is 11.5 Å². The average Bonchev–Trinajstić information content (AvgIpc) is 3.12. The van der Waals surface area contributed by atoms with Crippen molar-refractivity contribution in [1.82, 2.24) is 0 Å². The van der Waals surface area contributed by atoms with Crippen LogP contribution in [-0.4, -0.2) is 24.9 Å². The SMILES string of the molecule is OCC1CC1c1cc(Cl)c2c(c1)OCCCO2. The molecule has 1 N–H and O–H groups in total. The third-order valence-corrected chi connectivity index (χ3v) is 3.69. The van der Waals surface area contributed by atoms with Crippen LogP contribution in [0, 0.1) is 5.92 Å². The van der Waals surface area contributed by atoms with E-state index >= 15 is 0 Å². The lowest BCUT2D eigenvalue weighted by Gasteiger charge is -2.11. The van der Waals surface area contributed by atoms with E-state index in [9.17, 15) is 0 Å². The zero-order valence-electron chi connectivity index (χ0n) is 9.49. The largest absolute Gasteiger partial charge is 0.489 e. The van der Waals surface area contributed by atoms with E-state index in [0.717, 1.165) is 24.2 Å². The molecular formula is C13H15ClO3. The van der Waals surface area contributed by atoms with Crippen LogP contribution in [0.15, 0.2) is 12.1 Å². The second kappa shape index (κ2) is 4.39. The van der Waals surface area contributed by atoms with Crippen LogP contribution in [0.1, 0.15) is 24.3 Å². The maximum absolute atomic E-state index is 9.10. The monoisotopic (exact) mass is 254 g/mol. The molecular weight excluding hydrogens is 240 g/mol. The van der Waals surface area contributed by atoms with Crippen LogP contribution in [0.2, 0.25) is 5.02 Å². The van der Waals surface area contributed by atoms with Gasteiger partial charge in [0.1, 0.15) is 0 Å². The van der Waals surface area contributed by atoms with E-state index in [1.165, 1.54) is 0 Å². The molecule has 2 unspecified atom stereocenters. The summed E-state index contributed by atoms with van der Waals surface area (Å²) in [6, 6.07) is 3.95. The quantitative estimate of drug-likeness (QED) is 0.882. The predicted molar refractivity (Wildman–Crippen MR) is 65.0 cm³/mol. The maximum Gasteiger partial charge on any atom is 0.179 e. The average molecular weight is 255 g/mol. The Balaban J connectivity index is 1.92. The molecule has 1 heterocycles. The fourth-order valence-electron chi connectivity index (χ4n) is 2.32. The van der Waals surface area contributed by atoms with Gasteiger partial charge in [-0.2, -0.15) is 0 Å². The van der Waals surface area contributed by atoms with E-state index < -0.39 is 0 Å². The van der Waals surface area contributed by atoms with Crippen molar-refractivity contribution in [2.45, 2.75) is 18.8 Å². The molecule has 1 aliphatic heterocycles. The summed E-state index contributed by atoms with van der Waals surface area (Å²) in [6.07, 6.45) is 1.91. The van der Waals surface area contributed by atoms with Gasteiger partial charge in [0.25, 0.3) is 0 Å². The molecule has 92 valence electrons. The smallest absolute Gasteiger partial charge is 0.179 e. The first-order valence-corrected chi connectivity index (χ1v) is 6.37. The van der Waals surface area contributed by atoms with Gasteiger partial charge in [-0.05, 0) is 36.0 Å². The first-order valence-electron chi connectivity index (χ1n) is 5.99. The van der Waals surface area contributed by atoms with Crippen LogP contribution in [0.4, 0.5) is 0 Å². The van der Waals surface area contributed by atoms with Gasteiger partial charge < -0.3 is 14.6 Å². The third-order valence-electron chi connectivity index (χ3n) is 3.41. The minimum absolute atomic E-state index is 0.247. The Morgan fingerprint density at radius 3 is 2.88 bits per heavy atom. The van der Waals surface area contributed by atoms with E-state index in [4.69, 9.17) is 26.2 Å². The Hall–Kier alpha value is -0.930. The molecule has 3 nitrogen and oxygen atoms in total. The third kappa shape index (κ3) is 2.09. The van der Waals surface area contributed by atoms with Crippen LogP contribution < -0.4 is 9.47 Å². The molecule has 0 saturated heterocycles. The molecule has 0 aromatic heterocycles. The van der Waals surface area contributed by atoms with Crippen molar-refractivity contribution in [2.24, 2.45) is 5.92 Å². The lowest BCUT2D eigenvalue weighted by atomic mass is 10.1. The highest BCUT2D eigenvalue weighted by Crippen LogP contribution is 2.50. The van der Waals surface area contributed by atoms with Crippen molar-refractivity contribution in [3.05, 3.63) is 22.7 Å². The Morgan fingerprint density at radius 2 is 2.12 bits per heavy atom. The summed E-state index contributed by atoms with van der Waals surface area (Å²) >= 11 is 6.22. The molecule has 1 saturated carbocycles. The Labute approximate surface area is 105 Å². The molecule has 1 aliphatic carbocycles. The van der Waals surface area contributed by atoms with Gasteiger partial charge in [-0.3, -0.25) is 0 Å².